The topological polar surface area (TPSA) is 90.4 Å². The lowest BCUT2D eigenvalue weighted by atomic mass is 9.71. The highest BCUT2D eigenvalue weighted by molar-refractivity contribution is 5.89. The molecule has 0 aromatic carbocycles. The second kappa shape index (κ2) is 8.69. The molecular formula is C23H33N7O2. The molecule has 5 heterocycles. The summed E-state index contributed by atoms with van der Waals surface area (Å²) in [6, 6.07) is -0.185. The summed E-state index contributed by atoms with van der Waals surface area (Å²) in [6.07, 6.45) is 11.7. The molecule has 2 aromatic rings. The van der Waals surface area contributed by atoms with Crippen molar-refractivity contribution >= 4 is 11.8 Å². The van der Waals surface area contributed by atoms with Gasteiger partial charge in [-0.2, -0.15) is 5.10 Å². The van der Waals surface area contributed by atoms with Crippen molar-refractivity contribution in [1.82, 2.24) is 34.4 Å². The van der Waals surface area contributed by atoms with Crippen molar-refractivity contribution in [3.05, 3.63) is 36.2 Å². The van der Waals surface area contributed by atoms with E-state index >= 15 is 0 Å². The van der Waals surface area contributed by atoms with Gasteiger partial charge in [-0.3, -0.25) is 19.6 Å². The monoisotopic (exact) mass is 439 g/mol. The number of amides is 2. The summed E-state index contributed by atoms with van der Waals surface area (Å²) >= 11 is 0. The second-order valence-corrected chi connectivity index (χ2v) is 9.73. The van der Waals surface area contributed by atoms with Crippen LogP contribution in [0.3, 0.4) is 0 Å². The van der Waals surface area contributed by atoms with Gasteiger partial charge in [-0.15, -0.1) is 0 Å². The first kappa shape index (κ1) is 21.2. The minimum absolute atomic E-state index is 0.0797. The molecule has 2 bridgehead atoms. The number of nitrogens with zero attached hydrogens (tertiary/aromatic N) is 6. The zero-order valence-corrected chi connectivity index (χ0v) is 19.0. The first-order chi connectivity index (χ1) is 15.5. The first-order valence-electron chi connectivity index (χ1n) is 11.7. The van der Waals surface area contributed by atoms with Gasteiger partial charge in [0.15, 0.2) is 0 Å². The molecule has 2 aromatic heterocycles. The zero-order chi connectivity index (χ0) is 22.2. The average molecular weight is 440 g/mol. The number of fused-ring (bicyclic) bond motifs is 4. The molecule has 3 aliphatic rings. The van der Waals surface area contributed by atoms with E-state index in [1.807, 2.05) is 42.5 Å². The third-order valence-electron chi connectivity index (χ3n) is 7.62. The van der Waals surface area contributed by atoms with E-state index in [4.69, 9.17) is 0 Å². The molecule has 3 fully saturated rings. The number of aromatic nitrogens is 4. The quantitative estimate of drug-likeness (QED) is 0.727. The minimum atomic E-state index is -0.359. The number of likely N-dealkylation sites (N-methyl/N-ethyl adjacent to an activating group) is 1. The number of H-pyrrole nitrogens is 1. The number of imidazole rings is 1. The Labute approximate surface area is 188 Å². The van der Waals surface area contributed by atoms with Crippen LogP contribution in [0.1, 0.15) is 37.1 Å². The second-order valence-electron chi connectivity index (χ2n) is 9.73. The standard InChI is InChI=1S/C23H33N7O2/c1-27-9-7-24-20(27)15-29-13-17-10-18(14-29)22(30-19(17)4-3-5-21(30)31)23(32)28(2)8-6-16-11-25-26-12-16/h7,9,11-12,17-19,22H,3-6,8,10,13-15H2,1-2H3,(H,25,26)/t17-,18+,19-,22+/m0/s1. The molecule has 9 heteroatoms. The Bertz CT molecular complexity index is 955. The predicted octanol–water partition coefficient (Wildman–Crippen LogP) is 1.05. The maximum atomic E-state index is 13.7. The number of aryl methyl sites for hydroxylation is 1. The van der Waals surface area contributed by atoms with Gasteiger partial charge in [0, 0.05) is 70.7 Å². The fraction of sp³-hybridized carbons (Fsp3) is 0.652. The molecule has 0 unspecified atom stereocenters. The number of rotatable bonds is 6. The zero-order valence-electron chi connectivity index (χ0n) is 19.0. The molecule has 172 valence electrons. The number of likely N-dealkylation sites (tertiary alicyclic amines) is 1. The van der Waals surface area contributed by atoms with Gasteiger partial charge in [0.1, 0.15) is 11.9 Å². The van der Waals surface area contributed by atoms with Crippen molar-refractivity contribution in [3.63, 3.8) is 0 Å². The van der Waals surface area contributed by atoms with Gasteiger partial charge in [-0.25, -0.2) is 4.98 Å². The van der Waals surface area contributed by atoms with Crippen LogP contribution in [-0.2, 0) is 29.6 Å². The van der Waals surface area contributed by atoms with Crippen LogP contribution in [0, 0.1) is 11.8 Å². The molecule has 4 atom stereocenters. The minimum Gasteiger partial charge on any atom is -0.344 e. The summed E-state index contributed by atoms with van der Waals surface area (Å²) in [5, 5.41) is 6.82. The Morgan fingerprint density at radius 2 is 2.16 bits per heavy atom. The molecule has 32 heavy (non-hydrogen) atoms. The molecule has 3 aliphatic heterocycles. The lowest BCUT2D eigenvalue weighted by Gasteiger charge is -2.56. The number of nitrogens with one attached hydrogen (secondary N) is 1. The van der Waals surface area contributed by atoms with Crippen LogP contribution >= 0.6 is 0 Å². The van der Waals surface area contributed by atoms with E-state index in [-0.39, 0.29) is 29.8 Å². The lowest BCUT2D eigenvalue weighted by molar-refractivity contribution is -0.164. The van der Waals surface area contributed by atoms with Crippen LogP contribution in [0.5, 0.6) is 0 Å². The largest absolute Gasteiger partial charge is 0.344 e. The summed E-state index contributed by atoms with van der Waals surface area (Å²) in [4.78, 5) is 37.5. The molecule has 1 N–H and O–H groups in total. The Morgan fingerprint density at radius 3 is 2.91 bits per heavy atom. The maximum Gasteiger partial charge on any atom is 0.245 e. The van der Waals surface area contributed by atoms with Crippen LogP contribution in [0.2, 0.25) is 0 Å². The highest BCUT2D eigenvalue weighted by Gasteiger charge is 2.52. The van der Waals surface area contributed by atoms with Crippen LogP contribution in [0.15, 0.2) is 24.8 Å². The van der Waals surface area contributed by atoms with Gasteiger partial charge < -0.3 is 14.4 Å². The molecule has 0 spiro atoms. The number of piperidine rings is 3. The van der Waals surface area contributed by atoms with Gasteiger partial charge in [-0.05, 0) is 37.2 Å². The number of hydrogen-bond acceptors (Lipinski definition) is 5. The molecule has 0 saturated carbocycles. The van der Waals surface area contributed by atoms with Gasteiger partial charge in [0.25, 0.3) is 0 Å². The van der Waals surface area contributed by atoms with Gasteiger partial charge in [0.2, 0.25) is 11.8 Å². The summed E-state index contributed by atoms with van der Waals surface area (Å²) in [5.41, 5.74) is 1.08. The number of aromatic amines is 1. The molecular weight excluding hydrogens is 406 g/mol. The molecule has 2 amide bonds. The van der Waals surface area contributed by atoms with E-state index in [1.165, 1.54) is 0 Å². The summed E-state index contributed by atoms with van der Waals surface area (Å²) in [6.45, 7) is 3.20. The van der Waals surface area contributed by atoms with Gasteiger partial charge in [0.05, 0.1) is 12.7 Å². The van der Waals surface area contributed by atoms with E-state index in [0.717, 1.165) is 56.7 Å². The van der Waals surface area contributed by atoms with Crippen LogP contribution < -0.4 is 0 Å². The summed E-state index contributed by atoms with van der Waals surface area (Å²) in [5.74, 6) is 1.88. The van der Waals surface area contributed by atoms with Gasteiger partial charge in [-0.1, -0.05) is 0 Å². The van der Waals surface area contributed by atoms with Crippen molar-refractivity contribution in [3.8, 4) is 0 Å². The third kappa shape index (κ3) is 3.94. The summed E-state index contributed by atoms with van der Waals surface area (Å²) < 4.78 is 2.06. The number of carbonyl (C=O) groups excluding carboxylic acids is 2. The SMILES string of the molecule is CN(CCc1cn[nH]c1)C(=O)[C@H]1[C@@H]2C[C@@H](CN(Cc3nccn3C)C2)[C@@H]2CCCC(=O)N21. The highest BCUT2D eigenvalue weighted by Crippen LogP contribution is 2.42. The van der Waals surface area contributed by atoms with Crippen molar-refractivity contribution in [2.75, 3.05) is 26.7 Å². The van der Waals surface area contributed by atoms with E-state index in [0.29, 0.717) is 18.9 Å². The molecule has 0 aliphatic carbocycles. The fourth-order valence-corrected chi connectivity index (χ4v) is 6.00. The van der Waals surface area contributed by atoms with Crippen molar-refractivity contribution in [2.45, 2.75) is 50.7 Å². The Balaban J connectivity index is 1.36. The number of carbonyl (C=O) groups is 2. The smallest absolute Gasteiger partial charge is 0.245 e. The van der Waals surface area contributed by atoms with E-state index in [1.54, 1.807) is 6.20 Å². The maximum absolute atomic E-state index is 13.7. The Morgan fingerprint density at radius 1 is 1.31 bits per heavy atom. The van der Waals surface area contributed by atoms with E-state index in [2.05, 4.69) is 24.6 Å². The molecule has 3 saturated heterocycles. The van der Waals surface area contributed by atoms with E-state index in [9.17, 15) is 9.59 Å². The van der Waals surface area contributed by atoms with E-state index < -0.39 is 0 Å². The average Bonchev–Trinajstić information content (AvgIpc) is 3.44. The first-order valence-corrected chi connectivity index (χ1v) is 11.7. The molecule has 0 radical (unpaired) electrons. The Kier molecular flexibility index (Phi) is 5.75. The predicted molar refractivity (Wildman–Crippen MR) is 118 cm³/mol. The van der Waals surface area contributed by atoms with Gasteiger partial charge >= 0.3 is 0 Å². The van der Waals surface area contributed by atoms with Crippen molar-refractivity contribution in [2.24, 2.45) is 18.9 Å². The van der Waals surface area contributed by atoms with Crippen molar-refractivity contribution in [1.29, 1.82) is 0 Å². The Hall–Kier alpha value is -2.68. The lowest BCUT2D eigenvalue weighted by Crippen LogP contribution is -2.68. The highest BCUT2D eigenvalue weighted by atomic mass is 16.2. The molecule has 5 rings (SSSR count). The summed E-state index contributed by atoms with van der Waals surface area (Å²) in [7, 11) is 3.89. The third-order valence-corrected chi connectivity index (χ3v) is 7.62. The number of hydrogen-bond donors (Lipinski definition) is 1. The van der Waals surface area contributed by atoms with Crippen LogP contribution in [0.25, 0.3) is 0 Å². The normalized spacial score (nSPS) is 27.9. The van der Waals surface area contributed by atoms with Crippen LogP contribution in [-0.4, -0.2) is 85.0 Å². The molecule has 9 nitrogen and oxygen atoms in total. The fourth-order valence-electron chi connectivity index (χ4n) is 6.00. The van der Waals surface area contributed by atoms with Crippen LogP contribution in [0.4, 0.5) is 0 Å². The van der Waals surface area contributed by atoms with Crippen molar-refractivity contribution < 1.29 is 9.59 Å².